The lowest BCUT2D eigenvalue weighted by Gasteiger charge is -2.25. The van der Waals surface area contributed by atoms with Gasteiger partial charge in [-0.3, -0.25) is 13.9 Å². The fraction of sp³-hybridized carbons (Fsp3) is 0.129. The lowest BCUT2D eigenvalue weighted by molar-refractivity contribution is -0.119. The summed E-state index contributed by atoms with van der Waals surface area (Å²) in [6.45, 7) is 2.96. The summed E-state index contributed by atoms with van der Waals surface area (Å²) in [5.41, 5.74) is 5.55. The molecule has 0 radical (unpaired) electrons. The lowest BCUT2D eigenvalue weighted by Crippen LogP contribution is -2.40. The van der Waals surface area contributed by atoms with Gasteiger partial charge in [0.2, 0.25) is 0 Å². The van der Waals surface area contributed by atoms with Crippen molar-refractivity contribution in [3.63, 3.8) is 0 Å². The first kappa shape index (κ1) is 30.3. The minimum Gasteiger partial charge on any atom is -0.484 e. The van der Waals surface area contributed by atoms with Gasteiger partial charge in [0.1, 0.15) is 12.3 Å². The Morgan fingerprint density at radius 2 is 1.55 bits per heavy atom. The van der Waals surface area contributed by atoms with E-state index >= 15 is 0 Å². The molecule has 0 unspecified atom stereocenters. The van der Waals surface area contributed by atoms with Gasteiger partial charge in [-0.1, -0.05) is 59.6 Å². The van der Waals surface area contributed by atoms with Gasteiger partial charge in [-0.05, 0) is 79.6 Å². The normalized spacial score (nSPS) is 11.2. The Bertz CT molecular complexity index is 1690. The zero-order valence-corrected chi connectivity index (χ0v) is 24.5. The number of hydrogen-bond acceptors (Lipinski definition) is 6. The first-order valence-corrected chi connectivity index (χ1v) is 14.7. The summed E-state index contributed by atoms with van der Waals surface area (Å²) in [4.78, 5) is 25.1. The van der Waals surface area contributed by atoms with Crippen molar-refractivity contribution in [3.05, 3.63) is 119 Å². The number of nitrogens with zero attached hydrogens (tertiary/aromatic N) is 2. The second kappa shape index (κ2) is 13.8. The molecular formula is C31H29ClN4O5S. The highest BCUT2D eigenvalue weighted by atomic mass is 35.5. The van der Waals surface area contributed by atoms with Crippen LogP contribution in [0.4, 0.5) is 11.4 Å². The molecule has 42 heavy (non-hydrogen) atoms. The standard InChI is InChI=1S/C31H29ClN4O5S/c1-22-11-17-26(18-12-22)42(39,40)36(29-10-6-3-7-23(29)2)20-30(37)35-33-19-24-13-15-25(16-14-24)41-21-31(38)34-28-9-5-4-8-27(28)32/h3-19H,20-21H2,1-2H3,(H,34,38)(H,35,37)/b33-19-. The first-order chi connectivity index (χ1) is 20.1. The van der Waals surface area contributed by atoms with Crippen molar-refractivity contribution in [2.45, 2.75) is 18.7 Å². The number of halogens is 1. The van der Waals surface area contributed by atoms with Crippen LogP contribution in [0.5, 0.6) is 5.75 Å². The Morgan fingerprint density at radius 1 is 0.881 bits per heavy atom. The number of amides is 2. The molecule has 4 aromatic carbocycles. The Kier molecular flexibility index (Phi) is 9.95. The van der Waals surface area contributed by atoms with Crippen molar-refractivity contribution in [1.29, 1.82) is 0 Å². The molecule has 0 heterocycles. The number of hydrazone groups is 1. The highest BCUT2D eigenvalue weighted by Crippen LogP contribution is 2.27. The fourth-order valence-electron chi connectivity index (χ4n) is 3.87. The number of aryl methyl sites for hydroxylation is 2. The lowest BCUT2D eigenvalue weighted by atomic mass is 10.2. The van der Waals surface area contributed by atoms with Gasteiger partial charge in [-0.15, -0.1) is 0 Å². The number of anilines is 2. The molecule has 0 aliphatic carbocycles. The van der Waals surface area contributed by atoms with Crippen LogP contribution in [-0.2, 0) is 19.6 Å². The van der Waals surface area contributed by atoms with Crippen LogP contribution in [0.3, 0.4) is 0 Å². The summed E-state index contributed by atoms with van der Waals surface area (Å²) in [6.07, 6.45) is 1.42. The molecule has 0 saturated heterocycles. The van der Waals surface area contributed by atoms with Gasteiger partial charge in [0.25, 0.3) is 21.8 Å². The molecule has 11 heteroatoms. The van der Waals surface area contributed by atoms with Gasteiger partial charge < -0.3 is 10.1 Å². The van der Waals surface area contributed by atoms with Crippen molar-refractivity contribution in [2.24, 2.45) is 5.10 Å². The minimum absolute atomic E-state index is 0.0799. The number of rotatable bonds is 11. The third-order valence-corrected chi connectivity index (χ3v) is 8.18. The van der Waals surface area contributed by atoms with Gasteiger partial charge in [-0.25, -0.2) is 13.8 Å². The molecule has 0 fully saturated rings. The summed E-state index contributed by atoms with van der Waals surface area (Å²) in [5.74, 6) is -0.518. The SMILES string of the molecule is Cc1ccc(S(=O)(=O)N(CC(=O)N/N=C\c2ccc(OCC(=O)Nc3ccccc3Cl)cc2)c2ccccc2C)cc1. The zero-order chi connectivity index (χ0) is 30.1. The fourth-order valence-corrected chi connectivity index (χ4v) is 5.54. The molecule has 4 rings (SSSR count). The van der Waals surface area contributed by atoms with Gasteiger partial charge in [0, 0.05) is 0 Å². The smallest absolute Gasteiger partial charge is 0.264 e. The molecule has 4 aromatic rings. The van der Waals surface area contributed by atoms with E-state index in [0.717, 1.165) is 9.87 Å². The second-order valence-electron chi connectivity index (χ2n) is 9.29. The maximum absolute atomic E-state index is 13.5. The largest absolute Gasteiger partial charge is 0.484 e. The van der Waals surface area contributed by atoms with Crippen molar-refractivity contribution < 1.29 is 22.7 Å². The summed E-state index contributed by atoms with van der Waals surface area (Å²) in [6, 6.07) is 27.0. The molecule has 0 aliphatic rings. The van der Waals surface area contributed by atoms with Crippen molar-refractivity contribution in [2.75, 3.05) is 22.8 Å². The number of nitrogens with one attached hydrogen (secondary N) is 2. The van der Waals surface area contributed by atoms with E-state index in [1.54, 1.807) is 91.9 Å². The quantitative estimate of drug-likeness (QED) is 0.177. The highest BCUT2D eigenvalue weighted by Gasteiger charge is 2.28. The molecule has 2 amide bonds. The van der Waals surface area contributed by atoms with Gasteiger partial charge in [0.15, 0.2) is 6.61 Å². The molecule has 0 saturated carbocycles. The Hall–Kier alpha value is -4.67. The highest BCUT2D eigenvalue weighted by molar-refractivity contribution is 7.92. The maximum Gasteiger partial charge on any atom is 0.264 e. The van der Waals surface area contributed by atoms with Gasteiger partial charge in [-0.2, -0.15) is 5.10 Å². The molecule has 216 valence electrons. The van der Waals surface area contributed by atoms with E-state index < -0.39 is 22.5 Å². The van der Waals surface area contributed by atoms with E-state index in [0.29, 0.717) is 33.3 Å². The van der Waals surface area contributed by atoms with Crippen LogP contribution in [0.25, 0.3) is 0 Å². The third kappa shape index (κ3) is 7.96. The number of hydrogen-bond donors (Lipinski definition) is 2. The maximum atomic E-state index is 13.5. The van der Waals surface area contributed by atoms with E-state index in [4.69, 9.17) is 16.3 Å². The molecule has 0 aliphatic heterocycles. The average molecular weight is 605 g/mol. The summed E-state index contributed by atoms with van der Waals surface area (Å²) in [7, 11) is -4.03. The molecule has 2 N–H and O–H groups in total. The van der Waals surface area contributed by atoms with E-state index in [9.17, 15) is 18.0 Å². The van der Waals surface area contributed by atoms with E-state index in [2.05, 4.69) is 15.8 Å². The summed E-state index contributed by atoms with van der Waals surface area (Å²) >= 11 is 6.05. The molecule has 9 nitrogen and oxygen atoms in total. The summed E-state index contributed by atoms with van der Waals surface area (Å²) in [5, 5.41) is 7.08. The van der Waals surface area contributed by atoms with Crippen molar-refractivity contribution in [1.82, 2.24) is 5.43 Å². The van der Waals surface area contributed by atoms with Gasteiger partial charge >= 0.3 is 0 Å². The van der Waals surface area contributed by atoms with Crippen molar-refractivity contribution >= 4 is 51.0 Å². The number of carbonyl (C=O) groups excluding carboxylic acids is 2. The third-order valence-electron chi connectivity index (χ3n) is 6.08. The van der Waals surface area contributed by atoms with Crippen molar-refractivity contribution in [3.8, 4) is 5.75 Å². The van der Waals surface area contributed by atoms with Crippen LogP contribution in [0.15, 0.2) is 107 Å². The Morgan fingerprint density at radius 3 is 2.24 bits per heavy atom. The predicted octanol–water partition coefficient (Wildman–Crippen LogP) is 5.32. The monoisotopic (exact) mass is 604 g/mol. The van der Waals surface area contributed by atoms with Crippen LogP contribution >= 0.6 is 11.6 Å². The predicted molar refractivity (Wildman–Crippen MR) is 165 cm³/mol. The van der Waals surface area contributed by atoms with Crippen LogP contribution < -0.4 is 19.8 Å². The number of ether oxygens (including phenoxy) is 1. The topological polar surface area (TPSA) is 117 Å². The minimum atomic E-state index is -4.03. The number of benzene rings is 4. The van der Waals surface area contributed by atoms with Crippen LogP contribution in [0, 0.1) is 13.8 Å². The molecule has 0 spiro atoms. The number of carbonyl (C=O) groups is 2. The second-order valence-corrected chi connectivity index (χ2v) is 11.6. The molecule has 0 atom stereocenters. The van der Waals surface area contributed by atoms with E-state index in [1.165, 1.54) is 18.3 Å². The van der Waals surface area contributed by atoms with Crippen LogP contribution in [0.2, 0.25) is 5.02 Å². The molecule has 0 bridgehead atoms. The Labute approximate surface area is 249 Å². The van der Waals surface area contributed by atoms with Crippen LogP contribution in [-0.4, -0.2) is 39.6 Å². The van der Waals surface area contributed by atoms with Gasteiger partial charge in [0.05, 0.1) is 27.5 Å². The number of sulfonamides is 1. The van der Waals surface area contributed by atoms with E-state index in [1.807, 2.05) is 6.92 Å². The first-order valence-electron chi connectivity index (χ1n) is 12.9. The number of para-hydroxylation sites is 2. The molecule has 0 aromatic heterocycles. The average Bonchev–Trinajstić information content (AvgIpc) is 2.97. The van der Waals surface area contributed by atoms with Crippen LogP contribution in [0.1, 0.15) is 16.7 Å². The summed E-state index contributed by atoms with van der Waals surface area (Å²) < 4.78 is 33.6. The van der Waals surface area contributed by atoms with E-state index in [-0.39, 0.29) is 17.4 Å². The Balaban J connectivity index is 1.36. The zero-order valence-electron chi connectivity index (χ0n) is 23.0. The molecular weight excluding hydrogens is 576 g/mol.